The Bertz CT molecular complexity index is 891. The Morgan fingerprint density at radius 1 is 1.04 bits per heavy atom. The lowest BCUT2D eigenvalue weighted by atomic mass is 10.1. The highest BCUT2D eigenvalue weighted by molar-refractivity contribution is 5.94. The SMILES string of the molecule is COc1ccc2c(Nc3cccc(C(F)(F)F)c3)cc(C)nc2c1. The van der Waals surface area contributed by atoms with Gasteiger partial charge in [0, 0.05) is 28.5 Å². The van der Waals surface area contributed by atoms with Crippen molar-refractivity contribution in [2.75, 3.05) is 12.4 Å². The van der Waals surface area contributed by atoms with E-state index in [4.69, 9.17) is 4.74 Å². The molecule has 0 bridgehead atoms. The van der Waals surface area contributed by atoms with Gasteiger partial charge in [0.2, 0.25) is 0 Å². The van der Waals surface area contributed by atoms with Crippen molar-refractivity contribution in [2.45, 2.75) is 13.1 Å². The fourth-order valence-corrected chi connectivity index (χ4v) is 2.50. The molecule has 0 fully saturated rings. The van der Waals surface area contributed by atoms with Crippen LogP contribution in [0.15, 0.2) is 48.5 Å². The summed E-state index contributed by atoms with van der Waals surface area (Å²) in [5.74, 6) is 0.672. The number of hydrogen-bond donors (Lipinski definition) is 1. The van der Waals surface area contributed by atoms with Crippen LogP contribution in [0.5, 0.6) is 5.75 Å². The van der Waals surface area contributed by atoms with Gasteiger partial charge in [-0.1, -0.05) is 6.07 Å². The van der Waals surface area contributed by atoms with Gasteiger partial charge in [-0.2, -0.15) is 13.2 Å². The van der Waals surface area contributed by atoms with Crippen LogP contribution in [0.2, 0.25) is 0 Å². The second kappa shape index (κ2) is 6.03. The van der Waals surface area contributed by atoms with E-state index in [-0.39, 0.29) is 0 Å². The van der Waals surface area contributed by atoms with Crippen LogP contribution in [-0.4, -0.2) is 12.1 Å². The molecule has 3 rings (SSSR count). The summed E-state index contributed by atoms with van der Waals surface area (Å²) in [4.78, 5) is 4.44. The standard InChI is InChI=1S/C18H15F3N2O/c1-11-8-16(15-7-6-14(24-2)10-17(15)22-11)23-13-5-3-4-12(9-13)18(19,20)21/h3-10H,1-2H3,(H,22,23). The quantitative estimate of drug-likeness (QED) is 0.705. The maximum atomic E-state index is 12.9. The summed E-state index contributed by atoms with van der Waals surface area (Å²) < 4.78 is 43.8. The second-order valence-corrected chi connectivity index (χ2v) is 5.40. The van der Waals surface area contributed by atoms with E-state index in [2.05, 4.69) is 10.3 Å². The number of halogens is 3. The number of ether oxygens (including phenoxy) is 1. The third kappa shape index (κ3) is 3.27. The van der Waals surface area contributed by atoms with Crippen molar-refractivity contribution in [1.29, 1.82) is 0 Å². The van der Waals surface area contributed by atoms with E-state index < -0.39 is 11.7 Å². The number of hydrogen-bond acceptors (Lipinski definition) is 3. The summed E-state index contributed by atoms with van der Waals surface area (Å²) in [6, 6.07) is 12.3. The topological polar surface area (TPSA) is 34.1 Å². The Morgan fingerprint density at radius 3 is 2.54 bits per heavy atom. The molecule has 0 saturated heterocycles. The second-order valence-electron chi connectivity index (χ2n) is 5.40. The third-order valence-electron chi connectivity index (χ3n) is 3.61. The number of nitrogens with one attached hydrogen (secondary N) is 1. The zero-order valence-corrected chi connectivity index (χ0v) is 13.1. The van der Waals surface area contributed by atoms with Gasteiger partial charge in [-0.3, -0.25) is 4.98 Å². The fraction of sp³-hybridized carbons (Fsp3) is 0.167. The highest BCUT2D eigenvalue weighted by Gasteiger charge is 2.30. The number of anilines is 2. The van der Waals surface area contributed by atoms with E-state index in [1.165, 1.54) is 6.07 Å². The van der Waals surface area contributed by atoms with Crippen molar-refractivity contribution in [3.8, 4) is 5.75 Å². The molecule has 1 heterocycles. The van der Waals surface area contributed by atoms with Crippen LogP contribution in [0, 0.1) is 6.92 Å². The number of fused-ring (bicyclic) bond motifs is 1. The van der Waals surface area contributed by atoms with Gasteiger partial charge >= 0.3 is 6.18 Å². The molecule has 0 spiro atoms. The largest absolute Gasteiger partial charge is 0.497 e. The number of alkyl halides is 3. The van der Waals surface area contributed by atoms with Gasteiger partial charge in [0.05, 0.1) is 18.2 Å². The van der Waals surface area contributed by atoms with Crippen LogP contribution < -0.4 is 10.1 Å². The highest BCUT2D eigenvalue weighted by atomic mass is 19.4. The minimum atomic E-state index is -4.37. The van der Waals surface area contributed by atoms with Crippen molar-refractivity contribution in [3.05, 3.63) is 59.8 Å². The van der Waals surface area contributed by atoms with Crippen molar-refractivity contribution in [3.63, 3.8) is 0 Å². The number of aromatic nitrogens is 1. The summed E-state index contributed by atoms with van der Waals surface area (Å²) in [6.45, 7) is 1.83. The molecule has 6 heteroatoms. The number of rotatable bonds is 3. The Hall–Kier alpha value is -2.76. The molecule has 3 aromatic rings. The molecule has 1 N–H and O–H groups in total. The number of pyridine rings is 1. The molecule has 1 aromatic heterocycles. The summed E-state index contributed by atoms with van der Waals surface area (Å²) in [7, 11) is 1.57. The molecule has 0 saturated carbocycles. The molecule has 0 atom stereocenters. The zero-order chi connectivity index (χ0) is 17.3. The smallest absolute Gasteiger partial charge is 0.416 e. The summed E-state index contributed by atoms with van der Waals surface area (Å²) in [6.07, 6.45) is -4.37. The van der Waals surface area contributed by atoms with E-state index in [0.29, 0.717) is 22.6 Å². The lowest BCUT2D eigenvalue weighted by molar-refractivity contribution is -0.137. The molecule has 2 aromatic carbocycles. The maximum Gasteiger partial charge on any atom is 0.416 e. The molecule has 0 radical (unpaired) electrons. The molecule has 24 heavy (non-hydrogen) atoms. The maximum absolute atomic E-state index is 12.9. The number of nitrogens with zero attached hydrogens (tertiary/aromatic N) is 1. The Balaban J connectivity index is 2.04. The van der Waals surface area contributed by atoms with Crippen LogP contribution in [-0.2, 0) is 6.18 Å². The zero-order valence-electron chi connectivity index (χ0n) is 13.1. The van der Waals surface area contributed by atoms with Crippen LogP contribution in [0.1, 0.15) is 11.3 Å². The molecule has 0 aliphatic rings. The van der Waals surface area contributed by atoms with Crippen LogP contribution in [0.4, 0.5) is 24.5 Å². The predicted molar refractivity (Wildman–Crippen MR) is 87.8 cm³/mol. The Labute approximate surface area is 137 Å². The molecule has 0 amide bonds. The first-order valence-electron chi connectivity index (χ1n) is 7.26. The Morgan fingerprint density at radius 2 is 1.83 bits per heavy atom. The minimum Gasteiger partial charge on any atom is -0.497 e. The van der Waals surface area contributed by atoms with E-state index in [1.54, 1.807) is 31.4 Å². The third-order valence-corrected chi connectivity index (χ3v) is 3.61. The van der Waals surface area contributed by atoms with Gasteiger partial charge in [-0.05, 0) is 43.3 Å². The van der Waals surface area contributed by atoms with Crippen molar-refractivity contribution in [1.82, 2.24) is 4.98 Å². The highest BCUT2D eigenvalue weighted by Crippen LogP contribution is 2.33. The molecular weight excluding hydrogens is 317 g/mol. The number of methoxy groups -OCH3 is 1. The molecule has 124 valence electrons. The molecule has 0 aliphatic heterocycles. The van der Waals surface area contributed by atoms with Crippen molar-refractivity contribution >= 4 is 22.3 Å². The van der Waals surface area contributed by atoms with Crippen LogP contribution in [0.3, 0.4) is 0 Å². The lowest BCUT2D eigenvalue weighted by Crippen LogP contribution is -2.05. The fourth-order valence-electron chi connectivity index (χ4n) is 2.50. The monoisotopic (exact) mass is 332 g/mol. The van der Waals surface area contributed by atoms with Crippen LogP contribution >= 0.6 is 0 Å². The number of aryl methyl sites for hydroxylation is 1. The average Bonchev–Trinajstić information content (AvgIpc) is 2.53. The van der Waals surface area contributed by atoms with Crippen LogP contribution in [0.25, 0.3) is 10.9 Å². The van der Waals surface area contributed by atoms with Gasteiger partial charge in [-0.25, -0.2) is 0 Å². The van der Waals surface area contributed by atoms with Gasteiger partial charge in [0.1, 0.15) is 5.75 Å². The van der Waals surface area contributed by atoms with E-state index in [0.717, 1.165) is 23.2 Å². The van der Waals surface area contributed by atoms with Gasteiger partial charge in [0.15, 0.2) is 0 Å². The first-order chi connectivity index (χ1) is 11.4. The first kappa shape index (κ1) is 16.1. The number of benzene rings is 2. The molecule has 3 nitrogen and oxygen atoms in total. The predicted octanol–water partition coefficient (Wildman–Crippen LogP) is 5.31. The Kier molecular flexibility index (Phi) is 4.05. The summed E-state index contributed by atoms with van der Waals surface area (Å²) >= 11 is 0. The molecule has 0 aliphatic carbocycles. The van der Waals surface area contributed by atoms with E-state index in [1.807, 2.05) is 13.0 Å². The average molecular weight is 332 g/mol. The summed E-state index contributed by atoms with van der Waals surface area (Å²) in [5, 5.41) is 3.86. The lowest BCUT2D eigenvalue weighted by Gasteiger charge is -2.13. The van der Waals surface area contributed by atoms with Crippen molar-refractivity contribution in [2.24, 2.45) is 0 Å². The van der Waals surface area contributed by atoms with Gasteiger partial charge in [0.25, 0.3) is 0 Å². The molecular formula is C18H15F3N2O. The summed E-state index contributed by atoms with van der Waals surface area (Å²) in [5.41, 5.74) is 1.84. The van der Waals surface area contributed by atoms with Gasteiger partial charge < -0.3 is 10.1 Å². The van der Waals surface area contributed by atoms with E-state index >= 15 is 0 Å². The first-order valence-corrected chi connectivity index (χ1v) is 7.26. The van der Waals surface area contributed by atoms with Gasteiger partial charge in [-0.15, -0.1) is 0 Å². The molecule has 0 unspecified atom stereocenters. The van der Waals surface area contributed by atoms with E-state index in [9.17, 15) is 13.2 Å². The normalized spacial score (nSPS) is 11.5. The van der Waals surface area contributed by atoms with Crippen molar-refractivity contribution < 1.29 is 17.9 Å². The minimum absolute atomic E-state index is 0.368.